The molecule has 4 heteroatoms. The van der Waals surface area contributed by atoms with E-state index in [1.807, 2.05) is 11.8 Å². The van der Waals surface area contributed by atoms with Crippen LogP contribution in [0, 0.1) is 0 Å². The molecule has 11 rings (SSSR count). The summed E-state index contributed by atoms with van der Waals surface area (Å²) >= 11 is 1.92. The summed E-state index contributed by atoms with van der Waals surface area (Å²) in [6, 6.07) is 72.1. The van der Waals surface area contributed by atoms with Crippen molar-refractivity contribution >= 4 is 79.5 Å². The summed E-state index contributed by atoms with van der Waals surface area (Å²) in [5, 5.41) is 8.41. The molecule has 0 radical (unpaired) electrons. The molecule has 3 heterocycles. The largest absolute Gasteiger partial charge is 0.310 e. The minimum absolute atomic E-state index is 1.14. The number of para-hydroxylation sites is 3. The van der Waals surface area contributed by atoms with Crippen LogP contribution in [0.5, 0.6) is 0 Å². The topological polar surface area (TPSA) is 8.17 Å². The summed E-state index contributed by atoms with van der Waals surface area (Å²) < 4.78 is 2.41. The summed E-state index contributed by atoms with van der Waals surface area (Å²) in [4.78, 5) is 5.22. The molecule has 0 N–H and O–H groups in total. The number of benzene rings is 8. The Bertz CT molecular complexity index is 2800. The van der Waals surface area contributed by atoms with Crippen molar-refractivity contribution in [1.29, 1.82) is 0 Å². The first-order chi connectivity index (χ1) is 25.8. The molecule has 9 aromatic rings. The number of rotatable bonds is 4. The molecule has 2 nitrogen and oxygen atoms in total. The lowest BCUT2D eigenvalue weighted by molar-refractivity contribution is 1.18. The van der Waals surface area contributed by atoms with Gasteiger partial charge in [-0.3, -0.25) is 0 Å². The number of anilines is 3. The smallest absolute Gasteiger partial charge is 0.183 e. The third-order valence-corrected chi connectivity index (χ3v) is 17.5. The molecule has 244 valence electrons. The van der Waals surface area contributed by atoms with E-state index in [2.05, 4.69) is 204 Å². The third kappa shape index (κ3) is 4.08. The first kappa shape index (κ1) is 29.6. The lowest BCUT2D eigenvalue weighted by atomic mass is 10.1. The van der Waals surface area contributed by atoms with E-state index in [1.54, 1.807) is 0 Å². The molecular formula is C48H32N2SSi. The molecule has 8 aromatic carbocycles. The lowest BCUT2D eigenvalue weighted by Gasteiger charge is -2.38. The van der Waals surface area contributed by atoms with Gasteiger partial charge in [0, 0.05) is 37.6 Å². The van der Waals surface area contributed by atoms with Crippen LogP contribution in [-0.2, 0) is 0 Å². The fourth-order valence-electron chi connectivity index (χ4n) is 9.03. The Labute approximate surface area is 308 Å². The Morgan fingerprint density at radius 2 is 1.02 bits per heavy atom. The molecular weight excluding hydrogens is 665 g/mol. The first-order valence-electron chi connectivity index (χ1n) is 17.9. The Balaban J connectivity index is 1.22. The van der Waals surface area contributed by atoms with Crippen molar-refractivity contribution in [2.24, 2.45) is 0 Å². The lowest BCUT2D eigenvalue weighted by Crippen LogP contribution is -2.74. The molecule has 2 aliphatic heterocycles. The maximum absolute atomic E-state index is 2.67. The van der Waals surface area contributed by atoms with Gasteiger partial charge in [-0.2, -0.15) is 0 Å². The van der Waals surface area contributed by atoms with Gasteiger partial charge >= 0.3 is 0 Å². The second kappa shape index (κ2) is 11.5. The highest BCUT2D eigenvalue weighted by Crippen LogP contribution is 2.45. The van der Waals surface area contributed by atoms with Crippen LogP contribution in [0.3, 0.4) is 0 Å². The van der Waals surface area contributed by atoms with E-state index in [0.29, 0.717) is 0 Å². The van der Waals surface area contributed by atoms with Crippen molar-refractivity contribution in [3.63, 3.8) is 0 Å². The fourth-order valence-corrected chi connectivity index (χ4v) is 16.4. The van der Waals surface area contributed by atoms with Crippen molar-refractivity contribution in [3.05, 3.63) is 194 Å². The summed E-state index contributed by atoms with van der Waals surface area (Å²) in [5.41, 5.74) is 9.78. The first-order valence-corrected chi connectivity index (χ1v) is 20.7. The zero-order valence-electron chi connectivity index (χ0n) is 28.3. The highest BCUT2D eigenvalue weighted by molar-refractivity contribution is 8.00. The molecule has 0 amide bonds. The molecule has 0 fully saturated rings. The predicted molar refractivity (Wildman–Crippen MR) is 222 cm³/mol. The zero-order valence-corrected chi connectivity index (χ0v) is 30.1. The van der Waals surface area contributed by atoms with E-state index in [4.69, 9.17) is 0 Å². The number of fused-ring (bicyclic) bond motifs is 12. The van der Waals surface area contributed by atoms with Gasteiger partial charge in [0.2, 0.25) is 0 Å². The normalized spacial score (nSPS) is 13.5. The van der Waals surface area contributed by atoms with Gasteiger partial charge in [0.05, 0.1) is 16.7 Å². The average Bonchev–Trinajstić information content (AvgIpc) is 3.71. The molecule has 2 aliphatic rings. The van der Waals surface area contributed by atoms with Gasteiger partial charge in [-0.05, 0) is 98.6 Å². The van der Waals surface area contributed by atoms with Gasteiger partial charge in [0.25, 0.3) is 0 Å². The maximum Gasteiger partial charge on any atom is 0.183 e. The van der Waals surface area contributed by atoms with Crippen molar-refractivity contribution in [3.8, 4) is 16.8 Å². The van der Waals surface area contributed by atoms with Crippen LogP contribution in [0.25, 0.3) is 38.6 Å². The second-order valence-electron chi connectivity index (χ2n) is 13.7. The fraction of sp³-hybridized carbons (Fsp3) is 0. The molecule has 0 saturated heterocycles. The van der Waals surface area contributed by atoms with Crippen molar-refractivity contribution in [2.75, 3.05) is 4.90 Å². The quantitative estimate of drug-likeness (QED) is 0.169. The Hall–Kier alpha value is -6.07. The van der Waals surface area contributed by atoms with E-state index >= 15 is 0 Å². The van der Waals surface area contributed by atoms with Crippen LogP contribution >= 0.6 is 11.8 Å². The SMILES string of the molecule is c1ccc(N(c2ccc3c(c2)[Si]2(c4ccccc4S3)c3ccccc3-c3ccccc32)c2cccc3c2c2ccccc2n3-c2ccccc2)cc1. The van der Waals surface area contributed by atoms with E-state index in [1.165, 1.54) is 74.8 Å². The molecule has 0 saturated carbocycles. The number of hydrogen-bond acceptors (Lipinski definition) is 2. The minimum Gasteiger partial charge on any atom is -0.310 e. The van der Waals surface area contributed by atoms with Crippen LogP contribution < -0.4 is 25.6 Å². The molecule has 0 atom stereocenters. The number of aromatic nitrogens is 1. The zero-order chi connectivity index (χ0) is 34.2. The summed E-state index contributed by atoms with van der Waals surface area (Å²) in [5.74, 6) is 0. The van der Waals surface area contributed by atoms with Crippen LogP contribution in [-0.4, -0.2) is 12.6 Å². The summed E-state index contributed by atoms with van der Waals surface area (Å²) in [6.45, 7) is 0. The van der Waals surface area contributed by atoms with Crippen LogP contribution in [0.15, 0.2) is 204 Å². The van der Waals surface area contributed by atoms with Gasteiger partial charge in [-0.25, -0.2) is 0 Å². The van der Waals surface area contributed by atoms with E-state index < -0.39 is 8.07 Å². The molecule has 0 aliphatic carbocycles. The highest BCUT2D eigenvalue weighted by atomic mass is 32.2. The predicted octanol–water partition coefficient (Wildman–Crippen LogP) is 10.1. The van der Waals surface area contributed by atoms with Crippen LogP contribution in [0.2, 0.25) is 0 Å². The molecule has 1 aromatic heterocycles. The van der Waals surface area contributed by atoms with E-state index in [-0.39, 0.29) is 0 Å². The van der Waals surface area contributed by atoms with E-state index in [0.717, 1.165) is 11.4 Å². The van der Waals surface area contributed by atoms with Gasteiger partial charge < -0.3 is 9.47 Å². The van der Waals surface area contributed by atoms with Gasteiger partial charge in [-0.15, -0.1) is 0 Å². The van der Waals surface area contributed by atoms with Crippen molar-refractivity contribution < 1.29 is 0 Å². The number of hydrogen-bond donors (Lipinski definition) is 0. The van der Waals surface area contributed by atoms with Gasteiger partial charge in [-0.1, -0.05) is 139 Å². The summed E-state index contributed by atoms with van der Waals surface area (Å²) in [7, 11) is -2.67. The standard InChI is InChI=1S/C48H32N2SSi/c1-3-16-33(17-4-1)49(40-24-15-25-41-48(40)38-22-7-10-23-39(38)50(41)34-18-5-2-6-19-34)35-30-31-43-47(32-35)52(46-29-14-11-26-42(46)51-43)44-27-12-8-20-36(44)37-21-9-13-28-45(37)52/h1-32H. The average molecular weight is 697 g/mol. The van der Waals surface area contributed by atoms with Crippen molar-refractivity contribution in [2.45, 2.75) is 9.79 Å². The number of nitrogens with zero attached hydrogens (tertiary/aromatic N) is 2. The minimum atomic E-state index is -2.67. The molecule has 52 heavy (non-hydrogen) atoms. The molecule has 0 bridgehead atoms. The van der Waals surface area contributed by atoms with Gasteiger partial charge in [0.15, 0.2) is 8.07 Å². The van der Waals surface area contributed by atoms with E-state index in [9.17, 15) is 0 Å². The van der Waals surface area contributed by atoms with Gasteiger partial charge in [0.1, 0.15) is 0 Å². The summed E-state index contributed by atoms with van der Waals surface area (Å²) in [6.07, 6.45) is 0. The third-order valence-electron chi connectivity index (χ3n) is 11.0. The second-order valence-corrected chi connectivity index (χ2v) is 18.4. The maximum atomic E-state index is 2.55. The highest BCUT2D eigenvalue weighted by Gasteiger charge is 2.52. The molecule has 1 spiro atoms. The Morgan fingerprint density at radius 3 is 1.79 bits per heavy atom. The monoisotopic (exact) mass is 696 g/mol. The molecule has 0 unspecified atom stereocenters. The Kier molecular flexibility index (Phi) is 6.54. The van der Waals surface area contributed by atoms with Crippen LogP contribution in [0.4, 0.5) is 17.1 Å². The van der Waals surface area contributed by atoms with Crippen LogP contribution in [0.1, 0.15) is 0 Å². The Morgan fingerprint density at radius 1 is 0.423 bits per heavy atom. The van der Waals surface area contributed by atoms with Crippen molar-refractivity contribution in [1.82, 2.24) is 4.57 Å².